The molecule has 0 bridgehead atoms. The van der Waals surface area contributed by atoms with E-state index in [1.165, 1.54) is 18.7 Å². The molecule has 2 aromatic rings. The number of benzene rings is 1. The first kappa shape index (κ1) is 15.2. The number of hydrogen-bond donors (Lipinski definition) is 1. The Kier molecular flexibility index (Phi) is 4.58. The standard InChI is InChI=1S/C14H11Cl2NO2S/c1-7(18)12-13(20-2)10(6-17-14(12)19)9-4-3-8(15)5-11(9)16/h3-6H,1-2H3,(H,17,19). The van der Waals surface area contributed by atoms with Crippen LogP contribution >= 0.6 is 35.0 Å². The second kappa shape index (κ2) is 6.04. The van der Waals surface area contributed by atoms with Gasteiger partial charge in [-0.25, -0.2) is 0 Å². The number of hydrogen-bond acceptors (Lipinski definition) is 3. The number of Topliss-reactive ketones (excluding diaryl/α,β-unsaturated/α-hetero) is 1. The highest BCUT2D eigenvalue weighted by Crippen LogP contribution is 2.36. The largest absolute Gasteiger partial charge is 0.328 e. The predicted octanol–water partition coefficient (Wildman–Crippen LogP) is 4.27. The summed E-state index contributed by atoms with van der Waals surface area (Å²) in [6, 6.07) is 5.11. The van der Waals surface area contributed by atoms with E-state index >= 15 is 0 Å². The number of thioether (sulfide) groups is 1. The second-order valence-electron chi connectivity index (χ2n) is 4.12. The Labute approximate surface area is 130 Å². The fourth-order valence-corrected chi connectivity index (χ4v) is 3.29. The molecule has 1 aromatic heterocycles. The van der Waals surface area contributed by atoms with Crippen LogP contribution in [-0.2, 0) is 0 Å². The van der Waals surface area contributed by atoms with Crippen molar-refractivity contribution in [3.8, 4) is 11.1 Å². The molecule has 0 aliphatic heterocycles. The maximum Gasteiger partial charge on any atom is 0.259 e. The lowest BCUT2D eigenvalue weighted by Gasteiger charge is -2.12. The highest BCUT2D eigenvalue weighted by Gasteiger charge is 2.18. The van der Waals surface area contributed by atoms with Gasteiger partial charge in [-0.2, -0.15) is 0 Å². The van der Waals surface area contributed by atoms with Crippen LogP contribution in [0.2, 0.25) is 10.0 Å². The third kappa shape index (κ3) is 2.77. The average molecular weight is 328 g/mol. The summed E-state index contributed by atoms with van der Waals surface area (Å²) in [5.74, 6) is -0.275. The van der Waals surface area contributed by atoms with E-state index < -0.39 is 5.56 Å². The Balaban J connectivity index is 2.78. The third-order valence-corrected chi connectivity index (χ3v) is 4.20. The maximum absolute atomic E-state index is 11.8. The van der Waals surface area contributed by atoms with Crippen LogP contribution in [0, 0.1) is 0 Å². The summed E-state index contributed by atoms with van der Waals surface area (Å²) in [6.07, 6.45) is 3.38. The molecule has 1 N–H and O–H groups in total. The molecule has 0 atom stereocenters. The first-order chi connectivity index (χ1) is 9.45. The SMILES string of the molecule is CSc1c(-c2ccc(Cl)cc2Cl)c[nH]c(=O)c1C(C)=O. The van der Waals surface area contributed by atoms with E-state index in [4.69, 9.17) is 23.2 Å². The molecule has 0 aliphatic carbocycles. The molecular weight excluding hydrogens is 317 g/mol. The molecule has 1 aromatic carbocycles. The summed E-state index contributed by atoms with van der Waals surface area (Å²) < 4.78 is 0. The van der Waals surface area contributed by atoms with Crippen molar-refractivity contribution in [1.29, 1.82) is 0 Å². The molecule has 20 heavy (non-hydrogen) atoms. The summed E-state index contributed by atoms with van der Waals surface area (Å²) in [7, 11) is 0. The lowest BCUT2D eigenvalue weighted by molar-refractivity contribution is 0.101. The normalized spacial score (nSPS) is 10.6. The van der Waals surface area contributed by atoms with Crippen LogP contribution in [0.5, 0.6) is 0 Å². The van der Waals surface area contributed by atoms with Crippen LogP contribution in [0.15, 0.2) is 34.1 Å². The lowest BCUT2D eigenvalue weighted by atomic mass is 10.0. The van der Waals surface area contributed by atoms with Gasteiger partial charge in [0, 0.05) is 32.3 Å². The van der Waals surface area contributed by atoms with Crippen molar-refractivity contribution < 1.29 is 4.79 Å². The Morgan fingerprint density at radius 3 is 2.50 bits per heavy atom. The molecule has 0 saturated carbocycles. The fraction of sp³-hybridized carbons (Fsp3) is 0.143. The number of aromatic amines is 1. The molecule has 0 aliphatic rings. The number of ketones is 1. The predicted molar refractivity (Wildman–Crippen MR) is 84.3 cm³/mol. The monoisotopic (exact) mass is 327 g/mol. The van der Waals surface area contributed by atoms with Crippen molar-refractivity contribution in [3.63, 3.8) is 0 Å². The Morgan fingerprint density at radius 2 is 1.95 bits per heavy atom. The smallest absolute Gasteiger partial charge is 0.259 e. The zero-order valence-electron chi connectivity index (χ0n) is 10.8. The van der Waals surface area contributed by atoms with Gasteiger partial charge in [0.2, 0.25) is 0 Å². The summed E-state index contributed by atoms with van der Waals surface area (Å²) in [4.78, 5) is 26.7. The van der Waals surface area contributed by atoms with Crippen LogP contribution in [0.25, 0.3) is 11.1 Å². The lowest BCUT2D eigenvalue weighted by Crippen LogP contribution is -2.17. The summed E-state index contributed by atoms with van der Waals surface area (Å²) >= 11 is 13.4. The van der Waals surface area contributed by atoms with Crippen molar-refractivity contribution >= 4 is 40.7 Å². The van der Waals surface area contributed by atoms with Crippen LogP contribution in [0.1, 0.15) is 17.3 Å². The fourth-order valence-electron chi connectivity index (χ4n) is 1.95. The van der Waals surface area contributed by atoms with E-state index in [1.807, 2.05) is 6.26 Å². The summed E-state index contributed by atoms with van der Waals surface area (Å²) in [5.41, 5.74) is 1.19. The molecule has 0 radical (unpaired) electrons. The summed E-state index contributed by atoms with van der Waals surface area (Å²) in [5, 5.41) is 0.995. The van der Waals surface area contributed by atoms with E-state index in [1.54, 1.807) is 24.4 Å². The number of nitrogens with one attached hydrogen (secondary N) is 1. The van der Waals surface area contributed by atoms with Gasteiger partial charge in [-0.1, -0.05) is 29.3 Å². The average Bonchev–Trinajstić information content (AvgIpc) is 2.38. The number of halogens is 2. The van der Waals surface area contributed by atoms with Crippen molar-refractivity contribution in [1.82, 2.24) is 4.98 Å². The third-order valence-electron chi connectivity index (χ3n) is 2.82. The molecule has 6 heteroatoms. The number of pyridine rings is 1. The van der Waals surface area contributed by atoms with Gasteiger partial charge in [-0.05, 0) is 25.3 Å². The van der Waals surface area contributed by atoms with Gasteiger partial charge in [0.05, 0.1) is 5.56 Å². The van der Waals surface area contributed by atoms with Crippen LogP contribution < -0.4 is 5.56 Å². The van der Waals surface area contributed by atoms with Gasteiger partial charge >= 0.3 is 0 Å². The zero-order chi connectivity index (χ0) is 14.9. The van der Waals surface area contributed by atoms with Crippen LogP contribution in [-0.4, -0.2) is 17.0 Å². The molecule has 104 valence electrons. The second-order valence-corrected chi connectivity index (χ2v) is 5.78. The summed E-state index contributed by atoms with van der Waals surface area (Å²) in [6.45, 7) is 1.37. The van der Waals surface area contributed by atoms with E-state index in [0.29, 0.717) is 20.5 Å². The van der Waals surface area contributed by atoms with E-state index in [9.17, 15) is 9.59 Å². The van der Waals surface area contributed by atoms with E-state index in [0.717, 1.165) is 5.56 Å². The highest BCUT2D eigenvalue weighted by atomic mass is 35.5. The van der Waals surface area contributed by atoms with Gasteiger partial charge in [0.1, 0.15) is 0 Å². The highest BCUT2D eigenvalue weighted by molar-refractivity contribution is 7.98. The number of rotatable bonds is 3. The van der Waals surface area contributed by atoms with Crippen molar-refractivity contribution in [2.45, 2.75) is 11.8 Å². The van der Waals surface area contributed by atoms with Crippen molar-refractivity contribution in [2.75, 3.05) is 6.26 Å². The Bertz CT molecular complexity index is 740. The topological polar surface area (TPSA) is 49.9 Å². The minimum atomic E-state index is -0.393. The number of H-pyrrole nitrogens is 1. The van der Waals surface area contributed by atoms with Gasteiger partial charge in [-0.15, -0.1) is 11.8 Å². The van der Waals surface area contributed by atoms with Gasteiger partial charge in [0.15, 0.2) is 5.78 Å². The molecule has 0 amide bonds. The molecule has 2 rings (SSSR count). The molecule has 0 saturated heterocycles. The molecule has 0 spiro atoms. The number of carbonyl (C=O) groups is 1. The maximum atomic E-state index is 11.8. The van der Waals surface area contributed by atoms with Crippen LogP contribution in [0.3, 0.4) is 0 Å². The van der Waals surface area contributed by atoms with Crippen molar-refractivity contribution in [3.05, 3.63) is 50.4 Å². The van der Waals surface area contributed by atoms with Crippen LogP contribution in [0.4, 0.5) is 0 Å². The first-order valence-corrected chi connectivity index (χ1v) is 7.69. The van der Waals surface area contributed by atoms with Gasteiger partial charge in [-0.3, -0.25) is 9.59 Å². The Morgan fingerprint density at radius 1 is 1.25 bits per heavy atom. The zero-order valence-corrected chi connectivity index (χ0v) is 13.1. The first-order valence-electron chi connectivity index (χ1n) is 5.71. The molecule has 1 heterocycles. The number of carbonyl (C=O) groups excluding carboxylic acids is 1. The quantitative estimate of drug-likeness (QED) is 0.676. The van der Waals surface area contributed by atoms with E-state index in [2.05, 4.69) is 4.98 Å². The van der Waals surface area contributed by atoms with E-state index in [-0.39, 0.29) is 11.3 Å². The molecular formula is C14H11Cl2NO2S. The van der Waals surface area contributed by atoms with Gasteiger partial charge < -0.3 is 4.98 Å². The Hall–Kier alpha value is -1.23. The molecule has 3 nitrogen and oxygen atoms in total. The number of aromatic nitrogens is 1. The molecule has 0 fully saturated rings. The van der Waals surface area contributed by atoms with Crippen molar-refractivity contribution in [2.24, 2.45) is 0 Å². The molecule has 0 unspecified atom stereocenters. The minimum Gasteiger partial charge on any atom is -0.328 e. The minimum absolute atomic E-state index is 0.154. The van der Waals surface area contributed by atoms with Gasteiger partial charge in [0.25, 0.3) is 5.56 Å².